The lowest BCUT2D eigenvalue weighted by atomic mass is 10.1. The van der Waals surface area contributed by atoms with Gasteiger partial charge < -0.3 is 15.7 Å². The van der Waals surface area contributed by atoms with Gasteiger partial charge in [0.15, 0.2) is 0 Å². The summed E-state index contributed by atoms with van der Waals surface area (Å²) in [7, 11) is 0. The van der Waals surface area contributed by atoms with Crippen LogP contribution in [0.5, 0.6) is 0 Å². The summed E-state index contributed by atoms with van der Waals surface area (Å²) >= 11 is 0. The van der Waals surface area contributed by atoms with Gasteiger partial charge >= 0.3 is 5.97 Å². The van der Waals surface area contributed by atoms with Crippen LogP contribution >= 0.6 is 0 Å². The van der Waals surface area contributed by atoms with Crippen molar-refractivity contribution in [2.75, 3.05) is 25.0 Å². The van der Waals surface area contributed by atoms with Crippen LogP contribution < -0.4 is 10.6 Å². The SMILES string of the molecule is CC.Cc1ccc(Nc2cnccc2C(=O)NC2CN(CCC(=O)O)C2)c(F)c1. The number of carbonyl (C=O) groups is 2. The molecule has 0 atom stereocenters. The predicted octanol–water partition coefficient (Wildman–Crippen LogP) is 3.19. The van der Waals surface area contributed by atoms with Crippen LogP contribution in [0.4, 0.5) is 15.8 Å². The number of aromatic nitrogens is 1. The van der Waals surface area contributed by atoms with Gasteiger partial charge in [-0.3, -0.25) is 19.5 Å². The first kappa shape index (κ1) is 22.3. The topological polar surface area (TPSA) is 94.6 Å². The summed E-state index contributed by atoms with van der Waals surface area (Å²) in [5, 5.41) is 14.5. The molecule has 2 aromatic rings. The van der Waals surface area contributed by atoms with Crippen LogP contribution in [0.25, 0.3) is 0 Å². The lowest BCUT2D eigenvalue weighted by Crippen LogP contribution is -2.59. The summed E-state index contributed by atoms with van der Waals surface area (Å²) in [4.78, 5) is 29.1. The maximum atomic E-state index is 14.1. The Bertz CT molecular complexity index is 854. The first-order valence-corrected chi connectivity index (χ1v) is 9.64. The number of hydrogen-bond acceptors (Lipinski definition) is 5. The molecule has 0 aliphatic carbocycles. The molecule has 1 fully saturated rings. The first-order chi connectivity index (χ1) is 13.9. The third-order valence-corrected chi connectivity index (χ3v) is 4.39. The number of halogens is 1. The fourth-order valence-corrected chi connectivity index (χ4v) is 2.92. The number of hydrogen-bond donors (Lipinski definition) is 3. The van der Waals surface area contributed by atoms with Crippen molar-refractivity contribution in [2.24, 2.45) is 0 Å². The standard InChI is InChI=1S/C19H21FN4O3.C2H6/c1-12-2-3-16(15(20)8-12)23-17-9-21-6-4-14(17)19(27)22-13-10-24(11-13)7-5-18(25)26;1-2/h2-4,6,8-9,13,23H,5,7,10-11H2,1H3,(H,22,27)(H,25,26);1-2H3. The van der Waals surface area contributed by atoms with Gasteiger partial charge in [0.25, 0.3) is 5.91 Å². The summed E-state index contributed by atoms with van der Waals surface area (Å²) in [6.07, 6.45) is 3.07. The van der Waals surface area contributed by atoms with E-state index in [-0.39, 0.29) is 24.1 Å². The quantitative estimate of drug-likeness (QED) is 0.659. The Morgan fingerprint density at radius 2 is 1.97 bits per heavy atom. The van der Waals surface area contributed by atoms with Crippen LogP contribution in [0, 0.1) is 12.7 Å². The summed E-state index contributed by atoms with van der Waals surface area (Å²) in [6.45, 7) is 7.49. The van der Waals surface area contributed by atoms with Gasteiger partial charge in [-0.15, -0.1) is 0 Å². The van der Waals surface area contributed by atoms with Crippen molar-refractivity contribution in [3.63, 3.8) is 0 Å². The zero-order chi connectivity index (χ0) is 21.4. The van der Waals surface area contributed by atoms with Crippen LogP contribution in [-0.4, -0.2) is 52.5 Å². The second-order valence-electron chi connectivity index (χ2n) is 6.60. The molecule has 0 saturated carbocycles. The molecule has 8 heteroatoms. The second kappa shape index (κ2) is 10.5. The number of likely N-dealkylation sites (tertiary alicyclic amines) is 1. The van der Waals surface area contributed by atoms with E-state index in [4.69, 9.17) is 5.11 Å². The van der Waals surface area contributed by atoms with Crippen molar-refractivity contribution in [3.05, 3.63) is 53.6 Å². The van der Waals surface area contributed by atoms with Crippen molar-refractivity contribution < 1.29 is 19.1 Å². The van der Waals surface area contributed by atoms with E-state index in [1.807, 2.05) is 18.7 Å². The zero-order valence-corrected chi connectivity index (χ0v) is 16.9. The van der Waals surface area contributed by atoms with Gasteiger partial charge in [-0.1, -0.05) is 19.9 Å². The smallest absolute Gasteiger partial charge is 0.304 e. The number of nitrogens with one attached hydrogen (secondary N) is 2. The number of benzene rings is 1. The molecule has 1 aliphatic rings. The fourth-order valence-electron chi connectivity index (χ4n) is 2.92. The minimum atomic E-state index is -0.835. The monoisotopic (exact) mass is 402 g/mol. The maximum Gasteiger partial charge on any atom is 0.304 e. The molecule has 2 heterocycles. The normalized spacial score (nSPS) is 13.7. The van der Waals surface area contributed by atoms with E-state index in [9.17, 15) is 14.0 Å². The highest BCUT2D eigenvalue weighted by molar-refractivity contribution is 6.00. The predicted molar refractivity (Wildman–Crippen MR) is 110 cm³/mol. The van der Waals surface area contributed by atoms with Gasteiger partial charge in [0.05, 0.1) is 35.6 Å². The molecule has 0 radical (unpaired) electrons. The van der Waals surface area contributed by atoms with Gasteiger partial charge in [-0.2, -0.15) is 0 Å². The highest BCUT2D eigenvalue weighted by Gasteiger charge is 2.28. The number of aryl methyl sites for hydroxylation is 1. The zero-order valence-electron chi connectivity index (χ0n) is 16.9. The van der Waals surface area contributed by atoms with Gasteiger partial charge in [0.1, 0.15) is 5.82 Å². The average Bonchev–Trinajstić information content (AvgIpc) is 2.67. The van der Waals surface area contributed by atoms with Gasteiger partial charge in [-0.05, 0) is 30.7 Å². The van der Waals surface area contributed by atoms with Crippen LogP contribution in [0.1, 0.15) is 36.2 Å². The highest BCUT2D eigenvalue weighted by atomic mass is 19.1. The number of carboxylic acids is 1. The van der Waals surface area contributed by atoms with Gasteiger partial charge in [0, 0.05) is 25.8 Å². The Balaban J connectivity index is 0.00000145. The lowest BCUT2D eigenvalue weighted by Gasteiger charge is -2.39. The molecule has 1 aliphatic heterocycles. The Morgan fingerprint density at radius 1 is 1.24 bits per heavy atom. The number of nitrogens with zero attached hydrogens (tertiary/aromatic N) is 2. The molecule has 1 saturated heterocycles. The van der Waals surface area contributed by atoms with Crippen LogP contribution in [0.3, 0.4) is 0 Å². The van der Waals surface area contributed by atoms with E-state index >= 15 is 0 Å². The second-order valence-corrected chi connectivity index (χ2v) is 6.60. The number of pyridine rings is 1. The molecule has 0 unspecified atom stereocenters. The Morgan fingerprint density at radius 3 is 2.62 bits per heavy atom. The first-order valence-electron chi connectivity index (χ1n) is 9.64. The molecular formula is C21H27FN4O3. The summed E-state index contributed by atoms with van der Waals surface area (Å²) in [6, 6.07) is 6.35. The molecule has 1 aromatic heterocycles. The molecule has 7 nitrogen and oxygen atoms in total. The van der Waals surface area contributed by atoms with Crippen molar-refractivity contribution in [3.8, 4) is 0 Å². The molecule has 156 valence electrons. The number of anilines is 2. The third kappa shape index (κ3) is 6.25. The van der Waals surface area contributed by atoms with Crippen LogP contribution in [0.2, 0.25) is 0 Å². The molecular weight excluding hydrogens is 375 g/mol. The number of amides is 1. The maximum absolute atomic E-state index is 14.1. The average molecular weight is 402 g/mol. The van der Waals surface area contributed by atoms with E-state index in [1.54, 1.807) is 25.1 Å². The minimum Gasteiger partial charge on any atom is -0.481 e. The Kier molecular flexibility index (Phi) is 8.09. The van der Waals surface area contributed by atoms with Crippen molar-refractivity contribution in [1.82, 2.24) is 15.2 Å². The number of aliphatic carboxylic acids is 1. The van der Waals surface area contributed by atoms with Crippen molar-refractivity contribution >= 4 is 23.3 Å². The number of carbonyl (C=O) groups excluding carboxylic acids is 1. The highest BCUT2D eigenvalue weighted by Crippen LogP contribution is 2.23. The fraction of sp³-hybridized carbons (Fsp3) is 0.381. The molecule has 0 bridgehead atoms. The lowest BCUT2D eigenvalue weighted by molar-refractivity contribution is -0.137. The van der Waals surface area contributed by atoms with E-state index in [0.29, 0.717) is 30.9 Å². The van der Waals surface area contributed by atoms with Crippen LogP contribution in [0.15, 0.2) is 36.7 Å². The number of carboxylic acid groups (broad SMARTS) is 1. The summed E-state index contributed by atoms with van der Waals surface area (Å²) < 4.78 is 14.1. The largest absolute Gasteiger partial charge is 0.481 e. The summed E-state index contributed by atoms with van der Waals surface area (Å²) in [5.41, 5.74) is 1.86. The van der Waals surface area contributed by atoms with E-state index < -0.39 is 11.8 Å². The third-order valence-electron chi connectivity index (χ3n) is 4.39. The van der Waals surface area contributed by atoms with Crippen molar-refractivity contribution in [1.29, 1.82) is 0 Å². The molecule has 29 heavy (non-hydrogen) atoms. The summed E-state index contributed by atoms with van der Waals surface area (Å²) in [5.74, 6) is -1.52. The van der Waals surface area contributed by atoms with Gasteiger partial charge in [-0.25, -0.2) is 4.39 Å². The minimum absolute atomic E-state index is 0.0385. The Labute approximate surface area is 169 Å². The van der Waals surface area contributed by atoms with E-state index in [0.717, 1.165) is 5.56 Å². The van der Waals surface area contributed by atoms with E-state index in [2.05, 4.69) is 15.6 Å². The number of rotatable bonds is 7. The molecule has 0 spiro atoms. The van der Waals surface area contributed by atoms with E-state index in [1.165, 1.54) is 18.5 Å². The molecule has 3 N–H and O–H groups in total. The van der Waals surface area contributed by atoms with Crippen LogP contribution in [-0.2, 0) is 4.79 Å². The Hall–Kier alpha value is -3.00. The molecule has 1 amide bonds. The molecule has 3 rings (SSSR count). The van der Waals surface area contributed by atoms with Gasteiger partial charge in [0.2, 0.25) is 0 Å². The molecule has 1 aromatic carbocycles. The van der Waals surface area contributed by atoms with Crippen molar-refractivity contribution in [2.45, 2.75) is 33.2 Å².